The number of carbonyl (C=O) groups excluding carboxylic acids is 2. The molecule has 1 aliphatic carbocycles. The van der Waals surface area contributed by atoms with Gasteiger partial charge in [0.2, 0.25) is 0 Å². The van der Waals surface area contributed by atoms with Gasteiger partial charge in [-0.2, -0.15) is 8.42 Å². The molecule has 154 valence electrons. The molecule has 2 atom stereocenters. The van der Waals surface area contributed by atoms with Crippen molar-refractivity contribution in [3.63, 3.8) is 0 Å². The molecule has 10 heteroatoms. The lowest BCUT2D eigenvalue weighted by Gasteiger charge is -2.28. The van der Waals surface area contributed by atoms with Crippen LogP contribution in [-0.4, -0.2) is 53.0 Å². The Kier molecular flexibility index (Phi) is 8.34. The average Bonchev–Trinajstić information content (AvgIpc) is 2.68. The van der Waals surface area contributed by atoms with Gasteiger partial charge in [0.25, 0.3) is 10.1 Å². The van der Waals surface area contributed by atoms with Crippen molar-refractivity contribution in [2.75, 3.05) is 12.4 Å². The van der Waals surface area contributed by atoms with Crippen molar-refractivity contribution in [2.45, 2.75) is 45.2 Å². The van der Waals surface area contributed by atoms with Crippen LogP contribution >= 0.6 is 0 Å². The third kappa shape index (κ3) is 6.60. The van der Waals surface area contributed by atoms with Gasteiger partial charge in [-0.3, -0.25) is 14.1 Å². The Morgan fingerprint density at radius 1 is 1.10 bits per heavy atom. The van der Waals surface area contributed by atoms with Gasteiger partial charge in [0.05, 0.1) is 27.5 Å². The summed E-state index contributed by atoms with van der Waals surface area (Å²) in [5, 5.41) is 0. The van der Waals surface area contributed by atoms with Gasteiger partial charge in [0.1, 0.15) is 18.1 Å². The lowest BCUT2D eigenvalue weighted by Crippen LogP contribution is -2.36. The Morgan fingerprint density at radius 2 is 1.72 bits per heavy atom. The van der Waals surface area contributed by atoms with Crippen molar-refractivity contribution >= 4 is 37.7 Å². The smallest absolute Gasteiger partial charge is 0.315 e. The molecule has 2 rings (SSSR count). The first kappa shape index (κ1) is 23.5. The Hall–Kier alpha value is -1.80. The van der Waals surface area contributed by atoms with Crippen LogP contribution in [0, 0.1) is 18.8 Å². The predicted octanol–water partition coefficient (Wildman–Crippen LogP) is 1.47. The molecule has 1 N–H and O–H groups in total. The van der Waals surface area contributed by atoms with Crippen LogP contribution in [-0.2, 0) is 37.1 Å². The summed E-state index contributed by atoms with van der Waals surface area (Å²) in [5.41, 5.74) is 2.26. The lowest BCUT2D eigenvalue weighted by atomic mass is 9.79. The maximum atomic E-state index is 12.9. The van der Waals surface area contributed by atoms with Crippen molar-refractivity contribution in [3.8, 4) is 5.75 Å². The minimum atomic E-state index is -4.23. The first-order valence-corrected chi connectivity index (χ1v) is 11.1. The summed E-state index contributed by atoms with van der Waals surface area (Å²) in [6.45, 7) is 1.33. The molecular weight excluding hydrogens is 394 g/mol. The van der Waals surface area contributed by atoms with E-state index in [0.717, 1.165) is 24.0 Å². The fraction of sp³-hybridized carbons (Fsp3) is 0.579. The third-order valence-corrected chi connectivity index (χ3v) is 5.71. The first-order valence-electron chi connectivity index (χ1n) is 9.52. The molecule has 0 aromatic heterocycles. The van der Waals surface area contributed by atoms with Crippen LogP contribution in [0.15, 0.2) is 12.1 Å². The second-order valence-electron chi connectivity index (χ2n) is 7.18. The molecule has 0 bridgehead atoms. The second kappa shape index (κ2) is 10.3. The van der Waals surface area contributed by atoms with E-state index < -0.39 is 46.3 Å². The van der Waals surface area contributed by atoms with E-state index in [0.29, 0.717) is 30.5 Å². The van der Waals surface area contributed by atoms with Gasteiger partial charge in [-0.05, 0) is 30.9 Å². The molecule has 0 heterocycles. The van der Waals surface area contributed by atoms with Crippen LogP contribution in [0.25, 0.3) is 0 Å². The van der Waals surface area contributed by atoms with Crippen LogP contribution in [0.1, 0.15) is 42.4 Å². The summed E-state index contributed by atoms with van der Waals surface area (Å²) in [7, 11) is 7.23. The SMILES string of the molecule is [B]Cc1cc(C)c(OC(=O)C2CCCCC2C(=O)OCCS(=O)(=O)O)c(C[B])c1. The second-order valence-corrected chi connectivity index (χ2v) is 8.75. The lowest BCUT2D eigenvalue weighted by molar-refractivity contribution is -0.158. The molecule has 0 spiro atoms. The minimum absolute atomic E-state index is 0.170. The molecule has 1 aromatic carbocycles. The first-order chi connectivity index (χ1) is 13.7. The zero-order valence-corrected chi connectivity index (χ0v) is 17.2. The third-order valence-electron chi connectivity index (χ3n) is 5.03. The number of ether oxygens (including phenoxy) is 2. The van der Waals surface area contributed by atoms with E-state index in [1.165, 1.54) is 0 Å². The Labute approximate surface area is 174 Å². The normalized spacial score (nSPS) is 19.5. The van der Waals surface area contributed by atoms with Crippen LogP contribution in [0.3, 0.4) is 0 Å². The fourth-order valence-electron chi connectivity index (χ4n) is 3.57. The Bertz CT molecular complexity index is 854. The summed E-state index contributed by atoms with van der Waals surface area (Å²) >= 11 is 0. The van der Waals surface area contributed by atoms with Gasteiger partial charge in [-0.15, -0.1) is 0 Å². The standard InChI is InChI=1S/C19H24B2O7S/c1-12-8-13(10-20)9-14(11-21)17(12)28-19(23)16-5-3-2-4-15(16)18(22)27-6-7-29(24,25)26/h8-9,15-16H,2-7,10-11H2,1H3,(H,24,25,26). The molecule has 0 aliphatic heterocycles. The maximum Gasteiger partial charge on any atom is 0.315 e. The Balaban J connectivity index is 2.12. The fourth-order valence-corrected chi connectivity index (χ4v) is 3.86. The van der Waals surface area contributed by atoms with Crippen molar-refractivity contribution in [2.24, 2.45) is 11.8 Å². The molecule has 29 heavy (non-hydrogen) atoms. The quantitative estimate of drug-likeness (QED) is 0.295. The van der Waals surface area contributed by atoms with Gasteiger partial charge in [0.15, 0.2) is 0 Å². The van der Waals surface area contributed by atoms with Crippen LogP contribution in [0.2, 0.25) is 0 Å². The van der Waals surface area contributed by atoms with E-state index >= 15 is 0 Å². The monoisotopic (exact) mass is 418 g/mol. The van der Waals surface area contributed by atoms with Crippen LogP contribution in [0.5, 0.6) is 5.75 Å². The van der Waals surface area contributed by atoms with Crippen LogP contribution in [0.4, 0.5) is 0 Å². The van der Waals surface area contributed by atoms with Crippen molar-refractivity contribution in [1.29, 1.82) is 0 Å². The largest absolute Gasteiger partial charge is 0.464 e. The van der Waals surface area contributed by atoms with Gasteiger partial charge in [0, 0.05) is 0 Å². The zero-order chi connectivity index (χ0) is 21.6. The van der Waals surface area contributed by atoms with E-state index in [4.69, 9.17) is 29.7 Å². The molecule has 2 unspecified atom stereocenters. The summed E-state index contributed by atoms with van der Waals surface area (Å²) in [5.74, 6) is -2.93. The highest BCUT2D eigenvalue weighted by atomic mass is 32.2. The van der Waals surface area contributed by atoms with Gasteiger partial charge in [-0.25, -0.2) is 0 Å². The maximum absolute atomic E-state index is 12.9. The molecule has 0 amide bonds. The number of hydrogen-bond donors (Lipinski definition) is 1. The number of aryl methyl sites for hydroxylation is 1. The highest BCUT2D eigenvalue weighted by Crippen LogP contribution is 2.34. The van der Waals surface area contributed by atoms with E-state index in [2.05, 4.69) is 0 Å². The number of rotatable bonds is 8. The van der Waals surface area contributed by atoms with E-state index in [1.54, 1.807) is 13.0 Å². The number of esters is 2. The summed E-state index contributed by atoms with van der Waals surface area (Å²) in [6, 6.07) is 3.61. The van der Waals surface area contributed by atoms with Gasteiger partial charge >= 0.3 is 11.9 Å². The van der Waals surface area contributed by atoms with Gasteiger partial charge < -0.3 is 9.47 Å². The molecule has 1 fully saturated rings. The molecule has 0 saturated heterocycles. The average molecular weight is 418 g/mol. The molecule has 1 aromatic rings. The summed E-state index contributed by atoms with van der Waals surface area (Å²) in [6.07, 6.45) is 2.93. The van der Waals surface area contributed by atoms with Crippen LogP contribution < -0.4 is 4.74 Å². The summed E-state index contributed by atoms with van der Waals surface area (Å²) < 4.78 is 40.9. The van der Waals surface area contributed by atoms with Gasteiger partial charge in [-0.1, -0.05) is 43.2 Å². The van der Waals surface area contributed by atoms with E-state index in [-0.39, 0.29) is 6.32 Å². The summed E-state index contributed by atoms with van der Waals surface area (Å²) in [4.78, 5) is 25.2. The molecular formula is C19H24B2O7S. The van der Waals surface area contributed by atoms with E-state index in [9.17, 15) is 18.0 Å². The van der Waals surface area contributed by atoms with Crippen molar-refractivity contribution in [1.82, 2.24) is 0 Å². The number of carbonyl (C=O) groups is 2. The molecule has 1 aliphatic rings. The predicted molar refractivity (Wildman–Crippen MR) is 109 cm³/mol. The van der Waals surface area contributed by atoms with Crippen molar-refractivity contribution < 1.29 is 32.0 Å². The number of hydrogen-bond acceptors (Lipinski definition) is 6. The highest BCUT2D eigenvalue weighted by molar-refractivity contribution is 7.85. The zero-order valence-electron chi connectivity index (χ0n) is 16.4. The van der Waals surface area contributed by atoms with E-state index in [1.807, 2.05) is 6.07 Å². The highest BCUT2D eigenvalue weighted by Gasteiger charge is 2.38. The molecule has 7 nitrogen and oxygen atoms in total. The Morgan fingerprint density at radius 3 is 2.28 bits per heavy atom. The topological polar surface area (TPSA) is 107 Å². The van der Waals surface area contributed by atoms with Crippen molar-refractivity contribution in [3.05, 3.63) is 28.8 Å². The minimum Gasteiger partial charge on any atom is -0.464 e. The molecule has 4 radical (unpaired) electrons. The number of benzene rings is 1. The molecule has 1 saturated carbocycles.